The highest BCUT2D eigenvalue weighted by Gasteiger charge is 2.51. The molecule has 0 aliphatic rings. The fraction of sp³-hybridized carbons (Fsp3) is 0.800. The third kappa shape index (κ3) is 1.67. The first-order chi connectivity index (χ1) is 5.14. The van der Waals surface area contributed by atoms with Crippen LogP contribution in [-0.2, 0) is 9.36 Å². The van der Waals surface area contributed by atoms with E-state index in [4.69, 9.17) is 14.9 Å². The van der Waals surface area contributed by atoms with E-state index in [1.807, 2.05) is 0 Å². The summed E-state index contributed by atoms with van der Waals surface area (Å²) in [5.41, 5.74) is 0. The minimum Gasteiger partial charge on any atom is -0.479 e. The maximum atomic E-state index is 10.8. The molecular formula is C5H12NO5P. The average Bonchev–Trinajstić information content (AvgIpc) is 1.82. The van der Waals surface area contributed by atoms with Gasteiger partial charge in [-0.05, 0) is 21.0 Å². The molecule has 1 atom stereocenters. The molecule has 0 aromatic carbocycles. The van der Waals surface area contributed by atoms with Crippen LogP contribution < -0.4 is 0 Å². The van der Waals surface area contributed by atoms with Crippen molar-refractivity contribution in [3.8, 4) is 0 Å². The van der Waals surface area contributed by atoms with Gasteiger partial charge in [-0.1, -0.05) is 0 Å². The van der Waals surface area contributed by atoms with Gasteiger partial charge >= 0.3 is 13.6 Å². The Morgan fingerprint density at radius 1 is 1.42 bits per heavy atom. The first-order valence-corrected chi connectivity index (χ1v) is 4.71. The molecule has 0 rings (SSSR count). The predicted molar refractivity (Wildman–Crippen MR) is 41.8 cm³/mol. The maximum absolute atomic E-state index is 10.8. The van der Waals surface area contributed by atoms with Crippen molar-refractivity contribution in [2.75, 3.05) is 14.1 Å². The van der Waals surface area contributed by atoms with E-state index in [9.17, 15) is 9.36 Å². The normalized spacial score (nSPS) is 17.5. The SMILES string of the molecule is CN(C)C(C)(C(=O)O)P(=O)(O)O. The van der Waals surface area contributed by atoms with Gasteiger partial charge < -0.3 is 14.9 Å². The first kappa shape index (κ1) is 11.6. The summed E-state index contributed by atoms with van der Waals surface area (Å²) >= 11 is 0. The Hall–Kier alpha value is -0.420. The molecule has 0 bridgehead atoms. The van der Waals surface area contributed by atoms with Crippen LogP contribution in [0, 0.1) is 0 Å². The van der Waals surface area contributed by atoms with Crippen LogP contribution in [0.1, 0.15) is 6.92 Å². The van der Waals surface area contributed by atoms with Crippen LogP contribution in [0.2, 0.25) is 0 Å². The van der Waals surface area contributed by atoms with E-state index in [-0.39, 0.29) is 0 Å². The fourth-order valence-electron chi connectivity index (χ4n) is 0.576. The van der Waals surface area contributed by atoms with E-state index in [2.05, 4.69) is 0 Å². The van der Waals surface area contributed by atoms with E-state index in [1.165, 1.54) is 14.1 Å². The highest BCUT2D eigenvalue weighted by atomic mass is 31.2. The lowest BCUT2D eigenvalue weighted by atomic mass is 10.3. The van der Waals surface area contributed by atoms with Crippen LogP contribution in [-0.4, -0.2) is 45.1 Å². The number of rotatable bonds is 3. The van der Waals surface area contributed by atoms with Crippen LogP contribution >= 0.6 is 7.60 Å². The molecule has 0 aromatic rings. The minimum atomic E-state index is -4.67. The molecule has 3 N–H and O–H groups in total. The van der Waals surface area contributed by atoms with Crippen molar-refractivity contribution in [2.24, 2.45) is 0 Å². The van der Waals surface area contributed by atoms with Crippen molar-refractivity contribution in [1.82, 2.24) is 4.90 Å². The van der Waals surface area contributed by atoms with Crippen LogP contribution in [0.4, 0.5) is 0 Å². The van der Waals surface area contributed by atoms with E-state index >= 15 is 0 Å². The molecule has 0 aromatic heterocycles. The van der Waals surface area contributed by atoms with Gasteiger partial charge in [0.15, 0.2) is 0 Å². The zero-order valence-corrected chi connectivity index (χ0v) is 7.95. The van der Waals surface area contributed by atoms with Crippen molar-refractivity contribution in [2.45, 2.75) is 12.2 Å². The molecule has 0 saturated heterocycles. The van der Waals surface area contributed by atoms with E-state index in [1.54, 1.807) is 0 Å². The standard InChI is InChI=1S/C5H12NO5P/c1-5(4(7)8,6(2)3)12(9,10)11/h1-3H3,(H,7,8)(H2,9,10,11). The summed E-state index contributed by atoms with van der Waals surface area (Å²) in [5.74, 6) is -1.54. The predicted octanol–water partition coefficient (Wildman–Crippen LogP) is -0.473. The van der Waals surface area contributed by atoms with E-state index in [0.717, 1.165) is 11.8 Å². The Labute approximate surface area is 70.0 Å². The second-order valence-corrected chi connectivity index (χ2v) is 4.72. The summed E-state index contributed by atoms with van der Waals surface area (Å²) < 4.78 is 10.8. The van der Waals surface area contributed by atoms with Gasteiger partial charge in [-0.15, -0.1) is 0 Å². The van der Waals surface area contributed by atoms with E-state index in [0.29, 0.717) is 0 Å². The largest absolute Gasteiger partial charge is 0.479 e. The van der Waals surface area contributed by atoms with Crippen molar-refractivity contribution < 1.29 is 24.3 Å². The molecular weight excluding hydrogens is 185 g/mol. The lowest BCUT2D eigenvalue weighted by molar-refractivity contribution is -0.144. The molecule has 0 fully saturated rings. The number of carboxylic acid groups (broad SMARTS) is 1. The molecule has 7 heteroatoms. The van der Waals surface area contributed by atoms with Crippen LogP contribution in [0.3, 0.4) is 0 Å². The van der Waals surface area contributed by atoms with Crippen LogP contribution in [0.25, 0.3) is 0 Å². The van der Waals surface area contributed by atoms with Crippen molar-refractivity contribution in [3.63, 3.8) is 0 Å². The highest BCUT2D eigenvalue weighted by molar-refractivity contribution is 7.54. The molecule has 72 valence electrons. The first-order valence-electron chi connectivity index (χ1n) is 3.10. The van der Waals surface area contributed by atoms with Gasteiger partial charge in [0, 0.05) is 0 Å². The molecule has 0 spiro atoms. The topological polar surface area (TPSA) is 98.1 Å². The molecule has 12 heavy (non-hydrogen) atoms. The van der Waals surface area contributed by atoms with Gasteiger partial charge in [-0.3, -0.25) is 9.46 Å². The van der Waals surface area contributed by atoms with Crippen molar-refractivity contribution in [1.29, 1.82) is 0 Å². The molecule has 1 unspecified atom stereocenters. The molecule has 0 radical (unpaired) electrons. The Morgan fingerprint density at radius 2 is 1.75 bits per heavy atom. The number of hydrogen-bond donors (Lipinski definition) is 3. The molecule has 6 nitrogen and oxygen atoms in total. The third-order valence-corrected chi connectivity index (χ3v) is 3.57. The Kier molecular flexibility index (Phi) is 3.03. The van der Waals surface area contributed by atoms with Crippen LogP contribution in [0.5, 0.6) is 0 Å². The number of hydrogen-bond acceptors (Lipinski definition) is 3. The summed E-state index contributed by atoms with van der Waals surface area (Å²) in [6.45, 7) is 0.982. The zero-order chi connectivity index (χ0) is 10.2. The number of nitrogens with zero attached hydrogens (tertiary/aromatic N) is 1. The lowest BCUT2D eigenvalue weighted by Gasteiger charge is -2.31. The smallest absolute Gasteiger partial charge is 0.356 e. The summed E-state index contributed by atoms with van der Waals surface area (Å²) in [6, 6.07) is 0. The van der Waals surface area contributed by atoms with Gasteiger partial charge in [0.1, 0.15) is 0 Å². The quantitative estimate of drug-likeness (QED) is 0.529. The van der Waals surface area contributed by atoms with Gasteiger partial charge in [-0.25, -0.2) is 4.79 Å². The summed E-state index contributed by atoms with van der Waals surface area (Å²) in [5, 5.41) is 6.46. The minimum absolute atomic E-state index is 0.982. The van der Waals surface area contributed by atoms with Gasteiger partial charge in [0.25, 0.3) is 0 Å². The van der Waals surface area contributed by atoms with Gasteiger partial charge in [0.2, 0.25) is 5.28 Å². The molecule has 0 aliphatic carbocycles. The fourth-order valence-corrected chi connectivity index (χ4v) is 1.35. The number of likely N-dealkylation sites (N-methyl/N-ethyl adjacent to an activating group) is 1. The second kappa shape index (κ2) is 3.14. The molecule has 0 aliphatic heterocycles. The zero-order valence-electron chi connectivity index (χ0n) is 7.05. The molecule has 0 saturated carbocycles. The average molecular weight is 197 g/mol. The van der Waals surface area contributed by atoms with Crippen molar-refractivity contribution in [3.05, 3.63) is 0 Å². The maximum Gasteiger partial charge on any atom is 0.356 e. The highest BCUT2D eigenvalue weighted by Crippen LogP contribution is 2.51. The Morgan fingerprint density at radius 3 is 1.75 bits per heavy atom. The molecule has 0 amide bonds. The Bertz CT molecular complexity index is 234. The summed E-state index contributed by atoms with van der Waals surface area (Å²) in [4.78, 5) is 29.1. The number of aliphatic carboxylic acids is 1. The summed E-state index contributed by atoms with van der Waals surface area (Å²) in [6.07, 6.45) is 0. The molecule has 0 heterocycles. The number of carbonyl (C=O) groups is 1. The third-order valence-electron chi connectivity index (χ3n) is 1.84. The number of carboxylic acids is 1. The summed E-state index contributed by atoms with van der Waals surface area (Å²) in [7, 11) is -2.08. The Balaban J connectivity index is 5.17. The van der Waals surface area contributed by atoms with Crippen molar-refractivity contribution >= 4 is 13.6 Å². The lowest BCUT2D eigenvalue weighted by Crippen LogP contribution is -2.48. The second-order valence-electron chi connectivity index (χ2n) is 2.76. The monoisotopic (exact) mass is 197 g/mol. The van der Waals surface area contributed by atoms with E-state index < -0.39 is 18.8 Å². The van der Waals surface area contributed by atoms with Gasteiger partial charge in [-0.2, -0.15) is 0 Å². The van der Waals surface area contributed by atoms with Crippen LogP contribution in [0.15, 0.2) is 0 Å². The van der Waals surface area contributed by atoms with Gasteiger partial charge in [0.05, 0.1) is 0 Å².